The highest BCUT2D eigenvalue weighted by molar-refractivity contribution is 9.10. The summed E-state index contributed by atoms with van der Waals surface area (Å²) in [7, 11) is 0. The second-order valence-electron chi connectivity index (χ2n) is 6.36. The third-order valence-electron chi connectivity index (χ3n) is 4.52. The standard InChI is InChI=1S/C16H23BrFN/c1-11(2)12-5-7-16(19,8-6-12)10-13-9-14(18)3-4-15(13)17/h3-4,9,11-12H,5-8,10,19H2,1-2H3. The van der Waals surface area contributed by atoms with Gasteiger partial charge in [-0.1, -0.05) is 29.8 Å². The van der Waals surface area contributed by atoms with Crippen LogP contribution in [0.1, 0.15) is 45.1 Å². The molecule has 1 aromatic carbocycles. The van der Waals surface area contributed by atoms with Crippen LogP contribution in [-0.2, 0) is 6.42 Å². The van der Waals surface area contributed by atoms with E-state index in [9.17, 15) is 4.39 Å². The molecule has 1 aliphatic carbocycles. The molecule has 2 N–H and O–H groups in total. The topological polar surface area (TPSA) is 26.0 Å². The van der Waals surface area contributed by atoms with Crippen molar-refractivity contribution < 1.29 is 4.39 Å². The molecular weight excluding hydrogens is 305 g/mol. The minimum atomic E-state index is -0.183. The molecule has 1 aliphatic rings. The van der Waals surface area contributed by atoms with Gasteiger partial charge in [0, 0.05) is 10.0 Å². The van der Waals surface area contributed by atoms with E-state index in [-0.39, 0.29) is 11.4 Å². The lowest BCUT2D eigenvalue weighted by Gasteiger charge is -2.39. The molecule has 2 rings (SSSR count). The summed E-state index contributed by atoms with van der Waals surface area (Å²) in [5.41, 5.74) is 7.36. The molecule has 0 amide bonds. The number of hydrogen-bond acceptors (Lipinski definition) is 1. The first-order valence-electron chi connectivity index (χ1n) is 7.12. The predicted molar refractivity (Wildman–Crippen MR) is 81.5 cm³/mol. The lowest BCUT2D eigenvalue weighted by Crippen LogP contribution is -2.45. The SMILES string of the molecule is CC(C)C1CCC(N)(Cc2cc(F)ccc2Br)CC1. The second kappa shape index (κ2) is 5.92. The monoisotopic (exact) mass is 327 g/mol. The van der Waals surface area contributed by atoms with Crippen molar-refractivity contribution in [2.24, 2.45) is 17.6 Å². The Balaban J connectivity index is 2.05. The van der Waals surface area contributed by atoms with Gasteiger partial charge in [0.25, 0.3) is 0 Å². The van der Waals surface area contributed by atoms with Crippen LogP contribution >= 0.6 is 15.9 Å². The van der Waals surface area contributed by atoms with Gasteiger partial charge in [0.15, 0.2) is 0 Å². The summed E-state index contributed by atoms with van der Waals surface area (Å²) in [6.45, 7) is 4.58. The summed E-state index contributed by atoms with van der Waals surface area (Å²) < 4.78 is 14.3. The van der Waals surface area contributed by atoms with Crippen molar-refractivity contribution in [2.45, 2.75) is 51.5 Å². The van der Waals surface area contributed by atoms with E-state index in [0.717, 1.165) is 41.1 Å². The van der Waals surface area contributed by atoms with Crippen LogP contribution in [0.15, 0.2) is 22.7 Å². The summed E-state index contributed by atoms with van der Waals surface area (Å²) in [4.78, 5) is 0. The Kier molecular flexibility index (Phi) is 4.67. The van der Waals surface area contributed by atoms with Crippen molar-refractivity contribution in [1.29, 1.82) is 0 Å². The van der Waals surface area contributed by atoms with E-state index in [1.165, 1.54) is 18.9 Å². The Labute approximate surface area is 123 Å². The molecule has 106 valence electrons. The van der Waals surface area contributed by atoms with Crippen molar-refractivity contribution in [3.63, 3.8) is 0 Å². The van der Waals surface area contributed by atoms with E-state index in [1.807, 2.05) is 0 Å². The third-order valence-corrected chi connectivity index (χ3v) is 5.29. The van der Waals surface area contributed by atoms with Gasteiger partial charge in [-0.3, -0.25) is 0 Å². The van der Waals surface area contributed by atoms with E-state index in [2.05, 4.69) is 29.8 Å². The quantitative estimate of drug-likeness (QED) is 0.857. The van der Waals surface area contributed by atoms with Gasteiger partial charge in [0.05, 0.1) is 0 Å². The van der Waals surface area contributed by atoms with Gasteiger partial charge in [-0.05, 0) is 67.7 Å². The number of rotatable bonds is 3. The summed E-state index contributed by atoms with van der Waals surface area (Å²) in [5, 5.41) is 0. The molecule has 0 radical (unpaired) electrons. The zero-order valence-electron chi connectivity index (χ0n) is 11.8. The molecule has 1 nitrogen and oxygen atoms in total. The molecule has 19 heavy (non-hydrogen) atoms. The first kappa shape index (κ1) is 15.0. The maximum absolute atomic E-state index is 13.3. The molecule has 0 heterocycles. The first-order chi connectivity index (χ1) is 8.89. The molecule has 0 aromatic heterocycles. The Morgan fingerprint density at radius 3 is 2.58 bits per heavy atom. The van der Waals surface area contributed by atoms with Crippen molar-refractivity contribution in [1.82, 2.24) is 0 Å². The van der Waals surface area contributed by atoms with Gasteiger partial charge in [-0.25, -0.2) is 4.39 Å². The van der Waals surface area contributed by atoms with Crippen LogP contribution in [0.25, 0.3) is 0 Å². The Morgan fingerprint density at radius 1 is 1.37 bits per heavy atom. The van der Waals surface area contributed by atoms with Gasteiger partial charge in [0.1, 0.15) is 5.82 Å². The van der Waals surface area contributed by atoms with Gasteiger partial charge in [-0.2, -0.15) is 0 Å². The summed E-state index contributed by atoms with van der Waals surface area (Å²) in [5.74, 6) is 1.36. The fourth-order valence-corrected chi connectivity index (χ4v) is 3.50. The largest absolute Gasteiger partial charge is 0.325 e. The zero-order chi connectivity index (χ0) is 14.0. The molecule has 0 unspecified atom stereocenters. The van der Waals surface area contributed by atoms with Crippen molar-refractivity contribution >= 4 is 15.9 Å². The smallest absolute Gasteiger partial charge is 0.123 e. The molecule has 0 saturated heterocycles. The number of nitrogens with two attached hydrogens (primary N) is 1. The molecule has 1 saturated carbocycles. The molecular formula is C16H23BrFN. The highest BCUT2D eigenvalue weighted by Crippen LogP contribution is 2.37. The molecule has 1 fully saturated rings. The number of benzene rings is 1. The second-order valence-corrected chi connectivity index (χ2v) is 7.21. The fraction of sp³-hybridized carbons (Fsp3) is 0.625. The maximum atomic E-state index is 13.3. The van der Waals surface area contributed by atoms with Crippen LogP contribution in [0.3, 0.4) is 0 Å². The minimum Gasteiger partial charge on any atom is -0.325 e. The van der Waals surface area contributed by atoms with Crippen LogP contribution in [0.4, 0.5) is 4.39 Å². The van der Waals surface area contributed by atoms with Crippen LogP contribution in [0.2, 0.25) is 0 Å². The lowest BCUT2D eigenvalue weighted by molar-refractivity contribution is 0.194. The average molecular weight is 328 g/mol. The predicted octanol–water partition coefficient (Wildman–Crippen LogP) is 4.67. The molecule has 0 bridgehead atoms. The van der Waals surface area contributed by atoms with Crippen LogP contribution in [0, 0.1) is 17.7 Å². The lowest BCUT2D eigenvalue weighted by atomic mass is 9.71. The molecule has 0 spiro atoms. The maximum Gasteiger partial charge on any atom is 0.123 e. The van der Waals surface area contributed by atoms with E-state index >= 15 is 0 Å². The van der Waals surface area contributed by atoms with E-state index in [0.29, 0.717) is 0 Å². The Bertz CT molecular complexity index is 436. The van der Waals surface area contributed by atoms with Crippen molar-refractivity contribution in [2.75, 3.05) is 0 Å². The van der Waals surface area contributed by atoms with Gasteiger partial charge in [-0.15, -0.1) is 0 Å². The third kappa shape index (κ3) is 3.79. The fourth-order valence-electron chi connectivity index (χ4n) is 3.12. The van der Waals surface area contributed by atoms with Crippen LogP contribution in [-0.4, -0.2) is 5.54 Å². The first-order valence-corrected chi connectivity index (χ1v) is 7.92. The number of halogens is 2. The summed E-state index contributed by atoms with van der Waals surface area (Å²) in [6, 6.07) is 4.85. The summed E-state index contributed by atoms with van der Waals surface area (Å²) >= 11 is 3.49. The van der Waals surface area contributed by atoms with Crippen LogP contribution < -0.4 is 5.73 Å². The van der Waals surface area contributed by atoms with Crippen LogP contribution in [0.5, 0.6) is 0 Å². The van der Waals surface area contributed by atoms with Gasteiger partial charge < -0.3 is 5.73 Å². The molecule has 1 aromatic rings. The number of hydrogen-bond donors (Lipinski definition) is 1. The molecule has 0 aliphatic heterocycles. The summed E-state index contributed by atoms with van der Waals surface area (Å²) in [6.07, 6.45) is 5.23. The normalized spacial score (nSPS) is 27.8. The minimum absolute atomic E-state index is 0.165. The van der Waals surface area contributed by atoms with E-state index < -0.39 is 0 Å². The van der Waals surface area contributed by atoms with Gasteiger partial charge >= 0.3 is 0 Å². The van der Waals surface area contributed by atoms with E-state index in [1.54, 1.807) is 12.1 Å². The average Bonchev–Trinajstić information content (AvgIpc) is 2.34. The molecule has 0 atom stereocenters. The Morgan fingerprint density at radius 2 is 2.00 bits per heavy atom. The van der Waals surface area contributed by atoms with Gasteiger partial charge in [0.2, 0.25) is 0 Å². The van der Waals surface area contributed by atoms with E-state index in [4.69, 9.17) is 5.73 Å². The molecule has 3 heteroatoms. The Hall–Kier alpha value is -0.410. The zero-order valence-corrected chi connectivity index (χ0v) is 13.3. The highest BCUT2D eigenvalue weighted by atomic mass is 79.9. The highest BCUT2D eigenvalue weighted by Gasteiger charge is 2.33. The van der Waals surface area contributed by atoms with Crippen molar-refractivity contribution in [3.05, 3.63) is 34.1 Å². The van der Waals surface area contributed by atoms with Crippen molar-refractivity contribution in [3.8, 4) is 0 Å².